The Labute approximate surface area is 82.5 Å². The smallest absolute Gasteiger partial charge is 0.347 e. The molecule has 0 saturated heterocycles. The molecule has 6 nitrogen and oxygen atoms in total. The van der Waals surface area contributed by atoms with E-state index in [1.54, 1.807) is 0 Å². The maximum Gasteiger partial charge on any atom is 0.347 e. The summed E-state index contributed by atoms with van der Waals surface area (Å²) >= 11 is 5.63. The summed E-state index contributed by atoms with van der Waals surface area (Å²) in [5.74, 6) is -0.427. The summed E-state index contributed by atoms with van der Waals surface area (Å²) in [5.41, 5.74) is 0.112. The third kappa shape index (κ3) is 1.16. The molecule has 2 aromatic heterocycles. The molecule has 1 N–H and O–H groups in total. The number of rotatable bonds is 1. The van der Waals surface area contributed by atoms with Crippen molar-refractivity contribution in [2.45, 2.75) is 0 Å². The van der Waals surface area contributed by atoms with Gasteiger partial charge in [-0.2, -0.15) is 4.40 Å². The SMILES string of the molecule is O=[N+]([O-])c1cnc2c(O)cc(Cl)cn12. The maximum absolute atomic E-state index is 10.5. The third-order valence-electron chi connectivity index (χ3n) is 1.72. The van der Waals surface area contributed by atoms with Crippen molar-refractivity contribution >= 4 is 23.1 Å². The zero-order valence-electron chi connectivity index (χ0n) is 6.72. The van der Waals surface area contributed by atoms with Gasteiger partial charge in [0, 0.05) is 6.07 Å². The van der Waals surface area contributed by atoms with Crippen molar-refractivity contribution in [1.29, 1.82) is 0 Å². The summed E-state index contributed by atoms with van der Waals surface area (Å²) < 4.78 is 1.12. The van der Waals surface area contributed by atoms with Gasteiger partial charge in [-0.3, -0.25) is 0 Å². The monoisotopic (exact) mass is 213 g/mol. The lowest BCUT2D eigenvalue weighted by atomic mass is 10.4. The highest BCUT2D eigenvalue weighted by Crippen LogP contribution is 2.25. The van der Waals surface area contributed by atoms with Gasteiger partial charge in [-0.05, 0) is 4.92 Å². The molecule has 2 rings (SSSR count). The molecule has 0 aliphatic carbocycles. The third-order valence-corrected chi connectivity index (χ3v) is 1.93. The standard InChI is InChI=1S/C7H4ClN3O3/c8-4-1-5(12)7-9-2-6(11(13)14)10(7)3-4/h1-3,12H. The highest BCUT2D eigenvalue weighted by molar-refractivity contribution is 6.30. The largest absolute Gasteiger partial charge is 0.503 e. The molecule has 0 atom stereocenters. The molecule has 2 aromatic rings. The van der Waals surface area contributed by atoms with Gasteiger partial charge in [0.25, 0.3) is 5.65 Å². The van der Waals surface area contributed by atoms with Crippen LogP contribution in [-0.4, -0.2) is 19.4 Å². The van der Waals surface area contributed by atoms with E-state index in [0.29, 0.717) is 0 Å². The minimum atomic E-state index is -0.601. The number of nitro groups is 1. The van der Waals surface area contributed by atoms with E-state index >= 15 is 0 Å². The Kier molecular flexibility index (Phi) is 1.78. The van der Waals surface area contributed by atoms with Crippen LogP contribution in [0.15, 0.2) is 18.5 Å². The fourth-order valence-electron chi connectivity index (χ4n) is 1.16. The van der Waals surface area contributed by atoms with Crippen LogP contribution in [0, 0.1) is 10.1 Å². The van der Waals surface area contributed by atoms with Gasteiger partial charge in [0.05, 0.1) is 5.02 Å². The summed E-state index contributed by atoms with van der Waals surface area (Å²) in [6.45, 7) is 0. The highest BCUT2D eigenvalue weighted by Gasteiger charge is 2.17. The van der Waals surface area contributed by atoms with Gasteiger partial charge in [-0.15, -0.1) is 0 Å². The van der Waals surface area contributed by atoms with E-state index in [2.05, 4.69) is 4.98 Å². The van der Waals surface area contributed by atoms with Gasteiger partial charge in [-0.25, -0.2) is 4.98 Å². The molecule has 14 heavy (non-hydrogen) atoms. The summed E-state index contributed by atoms with van der Waals surface area (Å²) in [6, 6.07) is 1.27. The number of imidazole rings is 1. The first-order valence-electron chi connectivity index (χ1n) is 3.59. The van der Waals surface area contributed by atoms with Crippen molar-refractivity contribution in [2.24, 2.45) is 0 Å². The minimum absolute atomic E-state index is 0.112. The predicted octanol–water partition coefficient (Wildman–Crippen LogP) is 1.60. The Bertz CT molecular complexity index is 522. The zero-order valence-corrected chi connectivity index (χ0v) is 7.47. The van der Waals surface area contributed by atoms with Gasteiger partial charge < -0.3 is 15.2 Å². The van der Waals surface area contributed by atoms with E-state index < -0.39 is 4.92 Å². The predicted molar refractivity (Wildman–Crippen MR) is 48.5 cm³/mol. The van der Waals surface area contributed by atoms with Crippen molar-refractivity contribution in [3.63, 3.8) is 0 Å². The van der Waals surface area contributed by atoms with Gasteiger partial charge in [-0.1, -0.05) is 11.6 Å². The summed E-state index contributed by atoms with van der Waals surface area (Å²) in [6.07, 6.45) is 2.38. The molecule has 0 amide bonds. The minimum Gasteiger partial charge on any atom is -0.503 e. The molecule has 0 spiro atoms. The topological polar surface area (TPSA) is 80.7 Å². The molecule has 0 aliphatic rings. The number of aromatic hydroxyl groups is 1. The molecule has 0 saturated carbocycles. The van der Waals surface area contributed by atoms with Crippen LogP contribution in [0.2, 0.25) is 5.02 Å². The number of pyridine rings is 1. The van der Waals surface area contributed by atoms with Crippen LogP contribution in [0.4, 0.5) is 5.82 Å². The Morgan fingerprint density at radius 3 is 3.00 bits per heavy atom. The first kappa shape index (κ1) is 8.76. The summed E-state index contributed by atoms with van der Waals surface area (Å²) in [4.78, 5) is 13.6. The molecule has 72 valence electrons. The maximum atomic E-state index is 10.5. The van der Waals surface area contributed by atoms with Gasteiger partial charge >= 0.3 is 5.82 Å². The van der Waals surface area contributed by atoms with Gasteiger partial charge in [0.2, 0.25) is 0 Å². The average Bonchev–Trinajstić information content (AvgIpc) is 2.47. The number of hydrogen-bond donors (Lipinski definition) is 1. The van der Waals surface area contributed by atoms with E-state index in [1.807, 2.05) is 0 Å². The molecule has 0 unspecified atom stereocenters. The van der Waals surface area contributed by atoms with Crippen molar-refractivity contribution in [3.8, 4) is 5.75 Å². The van der Waals surface area contributed by atoms with E-state index in [0.717, 1.165) is 10.6 Å². The lowest BCUT2D eigenvalue weighted by molar-refractivity contribution is -0.390. The second kappa shape index (κ2) is 2.85. The number of aromatic nitrogens is 2. The fourth-order valence-corrected chi connectivity index (χ4v) is 1.36. The van der Waals surface area contributed by atoms with Crippen molar-refractivity contribution in [1.82, 2.24) is 9.38 Å². The fraction of sp³-hybridized carbons (Fsp3) is 0. The molecular weight excluding hydrogens is 210 g/mol. The summed E-state index contributed by atoms with van der Waals surface area (Å²) in [7, 11) is 0. The van der Waals surface area contributed by atoms with Crippen LogP contribution in [0.5, 0.6) is 5.75 Å². The van der Waals surface area contributed by atoms with E-state index in [1.165, 1.54) is 12.3 Å². The lowest BCUT2D eigenvalue weighted by Gasteiger charge is -1.95. The van der Waals surface area contributed by atoms with Crippen LogP contribution in [0.25, 0.3) is 5.65 Å². The Balaban J connectivity index is 2.85. The molecule has 2 heterocycles. The van der Waals surface area contributed by atoms with E-state index in [9.17, 15) is 15.2 Å². The lowest BCUT2D eigenvalue weighted by Crippen LogP contribution is -1.93. The number of hydrogen-bond acceptors (Lipinski definition) is 4. The molecule has 0 bridgehead atoms. The van der Waals surface area contributed by atoms with Crippen LogP contribution in [-0.2, 0) is 0 Å². The molecule has 0 radical (unpaired) electrons. The van der Waals surface area contributed by atoms with E-state index in [4.69, 9.17) is 11.6 Å². The number of nitrogens with zero attached hydrogens (tertiary/aromatic N) is 3. The van der Waals surface area contributed by atoms with Crippen LogP contribution >= 0.6 is 11.6 Å². The van der Waals surface area contributed by atoms with Gasteiger partial charge in [0.15, 0.2) is 5.75 Å². The Morgan fingerprint density at radius 2 is 2.36 bits per heavy atom. The van der Waals surface area contributed by atoms with E-state index in [-0.39, 0.29) is 22.2 Å². The zero-order chi connectivity index (χ0) is 10.3. The first-order valence-corrected chi connectivity index (χ1v) is 3.97. The number of fused-ring (bicyclic) bond motifs is 1. The van der Waals surface area contributed by atoms with Crippen LogP contribution in [0.3, 0.4) is 0 Å². The quantitative estimate of drug-likeness (QED) is 0.576. The molecule has 7 heteroatoms. The molecular formula is C7H4ClN3O3. The van der Waals surface area contributed by atoms with Gasteiger partial charge in [0.1, 0.15) is 12.4 Å². The Morgan fingerprint density at radius 1 is 1.64 bits per heavy atom. The second-order valence-corrected chi connectivity index (χ2v) is 3.05. The summed E-state index contributed by atoms with van der Waals surface area (Å²) in [5, 5.41) is 20.1. The van der Waals surface area contributed by atoms with Crippen molar-refractivity contribution in [2.75, 3.05) is 0 Å². The van der Waals surface area contributed by atoms with Crippen molar-refractivity contribution in [3.05, 3.63) is 33.6 Å². The molecule has 0 aliphatic heterocycles. The Hall–Kier alpha value is -1.82. The average molecular weight is 214 g/mol. The molecule has 0 fully saturated rings. The first-order chi connectivity index (χ1) is 6.59. The van der Waals surface area contributed by atoms with Crippen LogP contribution < -0.4 is 0 Å². The molecule has 0 aromatic carbocycles. The normalized spacial score (nSPS) is 10.6. The number of halogens is 1. The van der Waals surface area contributed by atoms with Crippen molar-refractivity contribution < 1.29 is 10.0 Å². The van der Waals surface area contributed by atoms with Crippen LogP contribution in [0.1, 0.15) is 0 Å². The second-order valence-electron chi connectivity index (χ2n) is 2.61. The highest BCUT2D eigenvalue weighted by atomic mass is 35.5.